The second-order valence-corrected chi connectivity index (χ2v) is 3.47. The maximum absolute atomic E-state index is 11.4. The van der Waals surface area contributed by atoms with E-state index in [9.17, 15) is 9.59 Å². The van der Waals surface area contributed by atoms with Gasteiger partial charge in [0, 0.05) is 7.11 Å². The van der Waals surface area contributed by atoms with Crippen LogP contribution in [0.3, 0.4) is 0 Å². The van der Waals surface area contributed by atoms with Crippen LogP contribution in [0.1, 0.15) is 13.8 Å². The Kier molecular flexibility index (Phi) is 5.94. The zero-order valence-corrected chi connectivity index (χ0v) is 9.54. The first-order valence-electron chi connectivity index (χ1n) is 4.78. The maximum atomic E-state index is 11.4. The lowest BCUT2D eigenvalue weighted by Gasteiger charge is -2.21. The Hall–Kier alpha value is -1.18. The molecule has 94 valence electrons. The van der Waals surface area contributed by atoms with E-state index in [-0.39, 0.29) is 0 Å². The van der Waals surface area contributed by atoms with E-state index in [4.69, 9.17) is 26.0 Å². The van der Waals surface area contributed by atoms with E-state index in [2.05, 4.69) is 0 Å². The van der Waals surface area contributed by atoms with Crippen molar-refractivity contribution in [3.8, 4) is 0 Å². The summed E-state index contributed by atoms with van der Waals surface area (Å²) in [4.78, 5) is 21.9. The molecule has 0 amide bonds. The fourth-order valence-corrected chi connectivity index (χ4v) is 0.874. The highest BCUT2D eigenvalue weighted by Gasteiger charge is 2.28. The number of nitrogens with two attached hydrogens (primary N) is 2. The van der Waals surface area contributed by atoms with Crippen molar-refractivity contribution in [2.75, 3.05) is 7.11 Å². The summed E-state index contributed by atoms with van der Waals surface area (Å²) in [7, 11) is 1.41. The molecule has 0 aromatic carbocycles. The van der Waals surface area contributed by atoms with E-state index in [1.807, 2.05) is 0 Å². The van der Waals surface area contributed by atoms with Crippen molar-refractivity contribution in [3.05, 3.63) is 0 Å². The maximum Gasteiger partial charge on any atom is 0.325 e. The normalized spacial score (nSPS) is 18.3. The standard InChI is InChI=1S/C9H18N2O5/c1-4(15-3)7(11)9(14)16-5(2)6(10)8(12)13/h4-7H,10-11H2,1-3H3,(H,12,13)/t4-,5+,6-,7+/m0/s1. The van der Waals surface area contributed by atoms with E-state index in [0.717, 1.165) is 0 Å². The van der Waals surface area contributed by atoms with Crippen LogP contribution in [0, 0.1) is 0 Å². The lowest BCUT2D eigenvalue weighted by molar-refractivity contribution is -0.157. The number of carboxylic acid groups (broad SMARTS) is 1. The van der Waals surface area contributed by atoms with Crippen molar-refractivity contribution in [3.63, 3.8) is 0 Å². The van der Waals surface area contributed by atoms with Crippen LogP contribution in [0.2, 0.25) is 0 Å². The Morgan fingerprint density at radius 2 is 1.62 bits per heavy atom. The van der Waals surface area contributed by atoms with Crippen LogP contribution in [0.4, 0.5) is 0 Å². The average molecular weight is 234 g/mol. The van der Waals surface area contributed by atoms with Gasteiger partial charge in [-0.3, -0.25) is 9.59 Å². The Bertz CT molecular complexity index is 258. The molecule has 4 atom stereocenters. The van der Waals surface area contributed by atoms with Gasteiger partial charge in [-0.15, -0.1) is 0 Å². The molecular weight excluding hydrogens is 216 g/mol. The molecule has 0 rings (SSSR count). The smallest absolute Gasteiger partial charge is 0.325 e. The lowest BCUT2D eigenvalue weighted by atomic mass is 10.2. The number of rotatable bonds is 6. The van der Waals surface area contributed by atoms with Gasteiger partial charge < -0.3 is 26.0 Å². The number of esters is 1. The average Bonchev–Trinajstić information content (AvgIpc) is 2.25. The summed E-state index contributed by atoms with van der Waals surface area (Å²) in [6.45, 7) is 2.99. The zero-order chi connectivity index (χ0) is 12.9. The first-order valence-corrected chi connectivity index (χ1v) is 4.78. The van der Waals surface area contributed by atoms with Gasteiger partial charge in [0.25, 0.3) is 0 Å². The Balaban J connectivity index is 4.29. The van der Waals surface area contributed by atoms with E-state index in [0.29, 0.717) is 0 Å². The molecule has 0 saturated carbocycles. The van der Waals surface area contributed by atoms with Crippen LogP contribution in [0.5, 0.6) is 0 Å². The predicted octanol–water partition coefficient (Wildman–Crippen LogP) is -1.31. The van der Waals surface area contributed by atoms with E-state index in [1.54, 1.807) is 6.92 Å². The number of carboxylic acids is 1. The first-order chi connectivity index (χ1) is 7.31. The topological polar surface area (TPSA) is 125 Å². The Morgan fingerprint density at radius 1 is 1.12 bits per heavy atom. The molecule has 0 aromatic rings. The van der Waals surface area contributed by atoms with Crippen molar-refractivity contribution in [2.45, 2.75) is 38.1 Å². The minimum absolute atomic E-state index is 0.513. The van der Waals surface area contributed by atoms with Crippen LogP contribution < -0.4 is 11.5 Å². The highest BCUT2D eigenvalue weighted by molar-refractivity contribution is 5.78. The molecule has 0 fully saturated rings. The molecule has 0 aliphatic carbocycles. The lowest BCUT2D eigenvalue weighted by Crippen LogP contribution is -2.48. The van der Waals surface area contributed by atoms with Gasteiger partial charge in [-0.1, -0.05) is 0 Å². The number of aliphatic carboxylic acids is 1. The molecule has 0 aliphatic heterocycles. The molecule has 0 unspecified atom stereocenters. The van der Waals surface area contributed by atoms with Gasteiger partial charge in [0.05, 0.1) is 6.10 Å². The number of carbonyl (C=O) groups excluding carboxylic acids is 1. The largest absolute Gasteiger partial charge is 0.480 e. The molecule has 0 bridgehead atoms. The number of methoxy groups -OCH3 is 1. The summed E-state index contributed by atoms with van der Waals surface area (Å²) in [6.07, 6.45) is -1.46. The summed E-state index contributed by atoms with van der Waals surface area (Å²) >= 11 is 0. The second kappa shape index (κ2) is 6.41. The van der Waals surface area contributed by atoms with Crippen LogP contribution in [-0.4, -0.2) is 48.4 Å². The van der Waals surface area contributed by atoms with Crippen LogP contribution in [0.15, 0.2) is 0 Å². The molecule has 0 aromatic heterocycles. The first kappa shape index (κ1) is 14.8. The molecule has 5 N–H and O–H groups in total. The van der Waals surface area contributed by atoms with Gasteiger partial charge >= 0.3 is 11.9 Å². The number of hydrogen-bond donors (Lipinski definition) is 3. The van der Waals surface area contributed by atoms with Crippen molar-refractivity contribution in [2.24, 2.45) is 11.5 Å². The summed E-state index contributed by atoms with van der Waals surface area (Å²) in [5, 5.41) is 8.59. The Labute approximate surface area is 93.7 Å². The summed E-state index contributed by atoms with van der Waals surface area (Å²) in [6, 6.07) is -2.23. The Morgan fingerprint density at radius 3 is 2.00 bits per heavy atom. The zero-order valence-electron chi connectivity index (χ0n) is 9.54. The van der Waals surface area contributed by atoms with Crippen molar-refractivity contribution >= 4 is 11.9 Å². The summed E-state index contributed by atoms with van der Waals surface area (Å²) < 4.78 is 9.66. The predicted molar refractivity (Wildman–Crippen MR) is 55.6 cm³/mol. The molecule has 0 radical (unpaired) electrons. The number of hydrogen-bond acceptors (Lipinski definition) is 6. The molecule has 16 heavy (non-hydrogen) atoms. The molecule has 0 spiro atoms. The third-order valence-corrected chi connectivity index (χ3v) is 2.24. The van der Waals surface area contributed by atoms with E-state index in [1.165, 1.54) is 14.0 Å². The SMILES string of the molecule is CO[C@@H](C)[C@@H](N)C(=O)O[C@H](C)[C@H](N)C(=O)O. The van der Waals surface area contributed by atoms with Gasteiger partial charge in [0.2, 0.25) is 0 Å². The monoisotopic (exact) mass is 234 g/mol. The van der Waals surface area contributed by atoms with Crippen LogP contribution in [-0.2, 0) is 19.1 Å². The molecule has 0 saturated heterocycles. The van der Waals surface area contributed by atoms with Gasteiger partial charge in [-0.25, -0.2) is 0 Å². The van der Waals surface area contributed by atoms with Gasteiger partial charge in [0.15, 0.2) is 0 Å². The van der Waals surface area contributed by atoms with Gasteiger partial charge in [-0.05, 0) is 13.8 Å². The molecule has 7 nitrogen and oxygen atoms in total. The van der Waals surface area contributed by atoms with E-state index >= 15 is 0 Å². The van der Waals surface area contributed by atoms with Gasteiger partial charge in [-0.2, -0.15) is 0 Å². The number of carbonyl (C=O) groups is 2. The highest BCUT2D eigenvalue weighted by Crippen LogP contribution is 2.03. The molecule has 7 heteroatoms. The highest BCUT2D eigenvalue weighted by atomic mass is 16.6. The van der Waals surface area contributed by atoms with Crippen LogP contribution >= 0.6 is 0 Å². The number of ether oxygens (including phenoxy) is 2. The minimum Gasteiger partial charge on any atom is -0.480 e. The fourth-order valence-electron chi connectivity index (χ4n) is 0.874. The van der Waals surface area contributed by atoms with Crippen LogP contribution in [0.25, 0.3) is 0 Å². The van der Waals surface area contributed by atoms with Gasteiger partial charge in [0.1, 0.15) is 18.2 Å². The van der Waals surface area contributed by atoms with Crippen molar-refractivity contribution in [1.29, 1.82) is 0 Å². The second-order valence-electron chi connectivity index (χ2n) is 3.47. The summed E-state index contributed by atoms with van der Waals surface area (Å²) in [5.74, 6) is -1.98. The van der Waals surface area contributed by atoms with E-state index < -0.39 is 36.2 Å². The summed E-state index contributed by atoms with van der Waals surface area (Å²) in [5.41, 5.74) is 10.8. The third kappa shape index (κ3) is 4.13. The fraction of sp³-hybridized carbons (Fsp3) is 0.778. The third-order valence-electron chi connectivity index (χ3n) is 2.24. The minimum atomic E-state index is -1.27. The molecule has 0 heterocycles. The molecular formula is C9H18N2O5. The van der Waals surface area contributed by atoms with Crippen molar-refractivity contribution in [1.82, 2.24) is 0 Å². The van der Waals surface area contributed by atoms with Crippen molar-refractivity contribution < 1.29 is 24.2 Å². The molecule has 0 aliphatic rings. The quantitative estimate of drug-likeness (QED) is 0.487.